The molecular formula is C20H20N2O. The van der Waals surface area contributed by atoms with E-state index in [1.807, 2.05) is 66.7 Å². The van der Waals surface area contributed by atoms with Crippen LogP contribution in [0.15, 0.2) is 71.5 Å². The number of nitrogens with zero attached hydrogens (tertiary/aromatic N) is 2. The minimum atomic E-state index is -0.182. The molecule has 3 aromatic rings. The summed E-state index contributed by atoms with van der Waals surface area (Å²) in [5.74, 6) is 0. The predicted octanol–water partition coefficient (Wildman–Crippen LogP) is 4.38. The Morgan fingerprint density at radius 3 is 2.13 bits per heavy atom. The van der Waals surface area contributed by atoms with Crippen LogP contribution in [0.3, 0.4) is 0 Å². The first-order chi connectivity index (χ1) is 11.3. The van der Waals surface area contributed by atoms with Gasteiger partial charge in [0.1, 0.15) is 0 Å². The normalized spacial score (nSPS) is 10.7. The fourth-order valence-corrected chi connectivity index (χ4v) is 2.64. The van der Waals surface area contributed by atoms with E-state index in [0.29, 0.717) is 6.54 Å². The number of aromatic nitrogens is 2. The average molecular weight is 304 g/mol. The fourth-order valence-electron chi connectivity index (χ4n) is 2.64. The lowest BCUT2D eigenvalue weighted by Crippen LogP contribution is -2.25. The van der Waals surface area contributed by atoms with Crippen molar-refractivity contribution in [1.29, 1.82) is 0 Å². The van der Waals surface area contributed by atoms with Crippen LogP contribution < -0.4 is 5.69 Å². The van der Waals surface area contributed by atoms with Gasteiger partial charge in [0.05, 0.1) is 11.4 Å². The maximum absolute atomic E-state index is 12.6. The second kappa shape index (κ2) is 7.05. The second-order valence-corrected chi connectivity index (χ2v) is 5.55. The van der Waals surface area contributed by atoms with Crippen LogP contribution >= 0.6 is 0 Å². The highest BCUT2D eigenvalue weighted by molar-refractivity contribution is 5.67. The molecule has 3 nitrogen and oxygen atoms in total. The van der Waals surface area contributed by atoms with Crippen molar-refractivity contribution in [2.45, 2.75) is 26.3 Å². The van der Waals surface area contributed by atoms with Gasteiger partial charge in [0.2, 0.25) is 0 Å². The van der Waals surface area contributed by atoms with Crippen LogP contribution in [0.25, 0.3) is 22.5 Å². The largest absolute Gasteiger partial charge is 0.348 e. The van der Waals surface area contributed by atoms with Crippen molar-refractivity contribution in [3.8, 4) is 22.5 Å². The zero-order valence-electron chi connectivity index (χ0n) is 13.3. The first-order valence-corrected chi connectivity index (χ1v) is 8.02. The van der Waals surface area contributed by atoms with Gasteiger partial charge >= 0.3 is 5.69 Å². The zero-order chi connectivity index (χ0) is 16.1. The molecule has 0 fully saturated rings. The van der Waals surface area contributed by atoms with Crippen molar-refractivity contribution in [3.05, 3.63) is 77.2 Å². The van der Waals surface area contributed by atoms with E-state index in [1.54, 1.807) is 4.57 Å². The molecular weight excluding hydrogens is 284 g/mol. The highest BCUT2D eigenvalue weighted by Gasteiger charge is 2.11. The molecule has 0 bridgehead atoms. The van der Waals surface area contributed by atoms with Crippen LogP contribution in [0.4, 0.5) is 0 Å². The van der Waals surface area contributed by atoms with E-state index in [1.165, 1.54) is 0 Å². The topological polar surface area (TPSA) is 34.9 Å². The number of hydrogen-bond donors (Lipinski definition) is 0. The van der Waals surface area contributed by atoms with Gasteiger partial charge in [-0.25, -0.2) is 4.79 Å². The van der Waals surface area contributed by atoms with Crippen molar-refractivity contribution in [1.82, 2.24) is 9.55 Å². The Hall–Kier alpha value is -2.68. The first-order valence-electron chi connectivity index (χ1n) is 8.02. The summed E-state index contributed by atoms with van der Waals surface area (Å²) in [4.78, 5) is 16.9. The van der Waals surface area contributed by atoms with E-state index in [9.17, 15) is 4.79 Å². The smallest absolute Gasteiger partial charge is 0.292 e. The summed E-state index contributed by atoms with van der Waals surface area (Å²) in [5.41, 5.74) is 3.48. The molecule has 23 heavy (non-hydrogen) atoms. The van der Waals surface area contributed by atoms with Crippen LogP contribution in [0.1, 0.15) is 19.8 Å². The van der Waals surface area contributed by atoms with Crippen molar-refractivity contribution in [2.24, 2.45) is 0 Å². The third kappa shape index (κ3) is 3.39. The van der Waals surface area contributed by atoms with Crippen molar-refractivity contribution in [2.75, 3.05) is 0 Å². The van der Waals surface area contributed by atoms with Crippen LogP contribution in [0.2, 0.25) is 0 Å². The molecule has 0 aliphatic rings. The Labute approximate surface area is 136 Å². The minimum Gasteiger partial charge on any atom is -0.292 e. The third-order valence-electron chi connectivity index (χ3n) is 3.89. The van der Waals surface area contributed by atoms with Gasteiger partial charge in [0.15, 0.2) is 0 Å². The van der Waals surface area contributed by atoms with Crippen LogP contribution in [-0.2, 0) is 6.54 Å². The molecule has 1 heterocycles. The average Bonchev–Trinajstić information content (AvgIpc) is 2.61. The molecule has 3 heteroatoms. The molecule has 0 spiro atoms. The quantitative estimate of drug-likeness (QED) is 0.701. The number of unbranched alkanes of at least 4 members (excludes halogenated alkanes) is 1. The highest BCUT2D eigenvalue weighted by atomic mass is 16.1. The Balaban J connectivity index is 2.17. The van der Waals surface area contributed by atoms with Gasteiger partial charge in [-0.3, -0.25) is 4.57 Å². The Bertz CT molecular complexity index is 823. The van der Waals surface area contributed by atoms with E-state index in [0.717, 1.165) is 35.4 Å². The van der Waals surface area contributed by atoms with Gasteiger partial charge in [0.25, 0.3) is 0 Å². The number of benzene rings is 2. The van der Waals surface area contributed by atoms with E-state index < -0.39 is 0 Å². The maximum Gasteiger partial charge on any atom is 0.348 e. The number of rotatable bonds is 5. The molecule has 2 aromatic carbocycles. The van der Waals surface area contributed by atoms with Gasteiger partial charge in [-0.1, -0.05) is 74.0 Å². The SMILES string of the molecule is CCCCn1c(-c2ccccc2)cc(-c2ccccc2)nc1=O. The Morgan fingerprint density at radius 1 is 0.913 bits per heavy atom. The highest BCUT2D eigenvalue weighted by Crippen LogP contribution is 2.23. The standard InChI is InChI=1S/C20H20N2O/c1-2-3-14-22-19(17-12-8-5-9-13-17)15-18(21-20(22)23)16-10-6-4-7-11-16/h4-13,15H,2-3,14H2,1H3. The van der Waals surface area contributed by atoms with Gasteiger partial charge in [-0.15, -0.1) is 0 Å². The molecule has 0 amide bonds. The summed E-state index contributed by atoms with van der Waals surface area (Å²) in [6.07, 6.45) is 2.01. The zero-order valence-corrected chi connectivity index (χ0v) is 13.3. The molecule has 0 aliphatic carbocycles. The fraction of sp³-hybridized carbons (Fsp3) is 0.200. The molecule has 116 valence electrons. The Morgan fingerprint density at radius 2 is 1.52 bits per heavy atom. The lowest BCUT2D eigenvalue weighted by atomic mass is 10.1. The second-order valence-electron chi connectivity index (χ2n) is 5.55. The van der Waals surface area contributed by atoms with Crippen LogP contribution in [-0.4, -0.2) is 9.55 Å². The summed E-state index contributed by atoms with van der Waals surface area (Å²) >= 11 is 0. The maximum atomic E-state index is 12.6. The molecule has 1 aromatic heterocycles. The summed E-state index contributed by atoms with van der Waals surface area (Å²) in [6, 6.07) is 21.9. The van der Waals surface area contributed by atoms with Gasteiger partial charge < -0.3 is 0 Å². The molecule has 3 rings (SSSR count). The van der Waals surface area contributed by atoms with E-state index in [2.05, 4.69) is 11.9 Å². The molecule has 0 radical (unpaired) electrons. The first kappa shape index (κ1) is 15.2. The van der Waals surface area contributed by atoms with Crippen molar-refractivity contribution < 1.29 is 0 Å². The molecule has 0 saturated heterocycles. The molecule has 0 saturated carbocycles. The van der Waals surface area contributed by atoms with E-state index in [-0.39, 0.29) is 5.69 Å². The third-order valence-corrected chi connectivity index (χ3v) is 3.89. The van der Waals surface area contributed by atoms with E-state index >= 15 is 0 Å². The van der Waals surface area contributed by atoms with Crippen LogP contribution in [0.5, 0.6) is 0 Å². The van der Waals surface area contributed by atoms with E-state index in [4.69, 9.17) is 0 Å². The van der Waals surface area contributed by atoms with Gasteiger partial charge in [0, 0.05) is 12.1 Å². The summed E-state index contributed by atoms with van der Waals surface area (Å²) in [5, 5.41) is 0. The van der Waals surface area contributed by atoms with Gasteiger partial charge in [-0.2, -0.15) is 4.98 Å². The number of hydrogen-bond acceptors (Lipinski definition) is 2. The molecule has 0 N–H and O–H groups in total. The lowest BCUT2D eigenvalue weighted by molar-refractivity contribution is 0.606. The molecule has 0 aliphatic heterocycles. The van der Waals surface area contributed by atoms with Crippen LogP contribution in [0, 0.1) is 0 Å². The summed E-state index contributed by atoms with van der Waals surface area (Å²) in [6.45, 7) is 2.82. The minimum absolute atomic E-state index is 0.182. The molecule has 0 atom stereocenters. The Kier molecular flexibility index (Phi) is 4.67. The lowest BCUT2D eigenvalue weighted by Gasteiger charge is -2.14. The summed E-state index contributed by atoms with van der Waals surface area (Å²) < 4.78 is 1.78. The summed E-state index contributed by atoms with van der Waals surface area (Å²) in [7, 11) is 0. The van der Waals surface area contributed by atoms with Crippen molar-refractivity contribution in [3.63, 3.8) is 0 Å². The van der Waals surface area contributed by atoms with Crippen molar-refractivity contribution >= 4 is 0 Å². The monoisotopic (exact) mass is 304 g/mol. The van der Waals surface area contributed by atoms with Gasteiger partial charge in [-0.05, 0) is 18.1 Å². The predicted molar refractivity (Wildman–Crippen MR) is 94.3 cm³/mol. The molecule has 0 unspecified atom stereocenters.